The summed E-state index contributed by atoms with van der Waals surface area (Å²) in [7, 11) is 0. The molecule has 0 amide bonds. The van der Waals surface area contributed by atoms with E-state index in [1.54, 1.807) is 6.92 Å². The number of carboxylic acids is 1. The standard InChI is InChI=1S/C9H16N2O2/c1-3-9(2,8(12)13)11-7-5-4-6-10/h11H,3-5,7H2,1-2H3,(H,12,13). The highest BCUT2D eigenvalue weighted by Crippen LogP contribution is 2.08. The Morgan fingerprint density at radius 2 is 2.31 bits per heavy atom. The number of unbranched alkanes of at least 4 members (excludes halogenated alkanes) is 1. The number of rotatable bonds is 6. The minimum atomic E-state index is -0.852. The zero-order chi connectivity index (χ0) is 10.3. The summed E-state index contributed by atoms with van der Waals surface area (Å²) >= 11 is 0. The lowest BCUT2D eigenvalue weighted by Gasteiger charge is -2.24. The predicted molar refractivity (Wildman–Crippen MR) is 49.2 cm³/mol. The van der Waals surface area contributed by atoms with E-state index in [-0.39, 0.29) is 0 Å². The molecule has 0 saturated carbocycles. The fourth-order valence-electron chi connectivity index (χ4n) is 0.884. The first-order chi connectivity index (χ1) is 6.06. The highest BCUT2D eigenvalue weighted by atomic mass is 16.4. The van der Waals surface area contributed by atoms with Gasteiger partial charge in [0.25, 0.3) is 0 Å². The molecule has 2 N–H and O–H groups in total. The molecule has 0 saturated heterocycles. The van der Waals surface area contributed by atoms with Crippen LogP contribution in [-0.2, 0) is 4.79 Å². The lowest BCUT2D eigenvalue weighted by molar-refractivity contribution is -0.144. The second-order valence-electron chi connectivity index (χ2n) is 3.18. The van der Waals surface area contributed by atoms with Crippen LogP contribution in [0.2, 0.25) is 0 Å². The van der Waals surface area contributed by atoms with Crippen LogP contribution in [0.4, 0.5) is 0 Å². The van der Waals surface area contributed by atoms with E-state index < -0.39 is 11.5 Å². The predicted octanol–water partition coefficient (Wildman–Crippen LogP) is 1.13. The average molecular weight is 184 g/mol. The largest absolute Gasteiger partial charge is 0.480 e. The molecule has 1 atom stereocenters. The fraction of sp³-hybridized carbons (Fsp3) is 0.778. The minimum Gasteiger partial charge on any atom is -0.480 e. The molecule has 0 bridgehead atoms. The van der Waals surface area contributed by atoms with Crippen molar-refractivity contribution in [2.75, 3.05) is 6.54 Å². The Bertz CT molecular complexity index is 210. The quantitative estimate of drug-likeness (QED) is 0.607. The van der Waals surface area contributed by atoms with E-state index in [0.29, 0.717) is 25.8 Å². The number of hydrogen-bond acceptors (Lipinski definition) is 3. The monoisotopic (exact) mass is 184 g/mol. The van der Waals surface area contributed by atoms with Gasteiger partial charge in [0.2, 0.25) is 0 Å². The van der Waals surface area contributed by atoms with Crippen molar-refractivity contribution in [1.29, 1.82) is 5.26 Å². The van der Waals surface area contributed by atoms with Crippen LogP contribution >= 0.6 is 0 Å². The minimum absolute atomic E-state index is 0.465. The van der Waals surface area contributed by atoms with E-state index in [1.807, 2.05) is 13.0 Å². The molecule has 0 aromatic rings. The Hall–Kier alpha value is -1.08. The highest BCUT2D eigenvalue weighted by molar-refractivity contribution is 5.78. The number of carbonyl (C=O) groups is 1. The molecule has 0 aromatic carbocycles. The topological polar surface area (TPSA) is 73.1 Å². The van der Waals surface area contributed by atoms with Crippen molar-refractivity contribution in [3.63, 3.8) is 0 Å². The van der Waals surface area contributed by atoms with Gasteiger partial charge < -0.3 is 10.4 Å². The van der Waals surface area contributed by atoms with Gasteiger partial charge in [-0.1, -0.05) is 6.92 Å². The summed E-state index contributed by atoms with van der Waals surface area (Å²) in [6.45, 7) is 4.05. The van der Waals surface area contributed by atoms with Crippen molar-refractivity contribution in [3.8, 4) is 6.07 Å². The Labute approximate surface area is 78.6 Å². The third-order valence-electron chi connectivity index (χ3n) is 2.16. The number of aliphatic carboxylic acids is 1. The van der Waals surface area contributed by atoms with Gasteiger partial charge in [-0.25, -0.2) is 0 Å². The molecule has 0 fully saturated rings. The molecule has 4 nitrogen and oxygen atoms in total. The van der Waals surface area contributed by atoms with Crippen LogP contribution in [0.25, 0.3) is 0 Å². The molecule has 74 valence electrons. The number of nitrogens with one attached hydrogen (secondary N) is 1. The van der Waals surface area contributed by atoms with Crippen molar-refractivity contribution < 1.29 is 9.90 Å². The van der Waals surface area contributed by atoms with Gasteiger partial charge in [0.05, 0.1) is 6.07 Å². The van der Waals surface area contributed by atoms with E-state index in [1.165, 1.54) is 0 Å². The van der Waals surface area contributed by atoms with E-state index in [2.05, 4.69) is 5.32 Å². The maximum atomic E-state index is 10.8. The maximum Gasteiger partial charge on any atom is 0.323 e. The van der Waals surface area contributed by atoms with Gasteiger partial charge in [0.1, 0.15) is 5.54 Å². The van der Waals surface area contributed by atoms with Crippen molar-refractivity contribution in [2.45, 2.75) is 38.6 Å². The average Bonchev–Trinajstić information content (AvgIpc) is 2.12. The smallest absolute Gasteiger partial charge is 0.323 e. The molecule has 1 unspecified atom stereocenters. The van der Waals surface area contributed by atoms with Crippen molar-refractivity contribution in [1.82, 2.24) is 5.32 Å². The lowest BCUT2D eigenvalue weighted by Crippen LogP contribution is -2.49. The van der Waals surface area contributed by atoms with Crippen LogP contribution in [0.1, 0.15) is 33.1 Å². The second kappa shape index (κ2) is 5.55. The molecule has 0 spiro atoms. The van der Waals surface area contributed by atoms with Crippen molar-refractivity contribution in [3.05, 3.63) is 0 Å². The Kier molecular flexibility index (Phi) is 5.09. The summed E-state index contributed by atoms with van der Waals surface area (Å²) in [5.74, 6) is -0.841. The third kappa shape index (κ3) is 3.90. The van der Waals surface area contributed by atoms with Crippen LogP contribution in [0, 0.1) is 11.3 Å². The summed E-state index contributed by atoms with van der Waals surface area (Å²) in [6.07, 6.45) is 1.70. The number of nitrogens with zero attached hydrogens (tertiary/aromatic N) is 1. The van der Waals surface area contributed by atoms with E-state index in [9.17, 15) is 4.79 Å². The Morgan fingerprint density at radius 1 is 1.69 bits per heavy atom. The normalized spacial score (nSPS) is 14.5. The van der Waals surface area contributed by atoms with E-state index >= 15 is 0 Å². The van der Waals surface area contributed by atoms with Crippen LogP contribution < -0.4 is 5.32 Å². The zero-order valence-corrected chi connectivity index (χ0v) is 8.13. The summed E-state index contributed by atoms with van der Waals surface area (Å²) in [5.41, 5.74) is -0.852. The molecule has 0 rings (SSSR count). The van der Waals surface area contributed by atoms with Gasteiger partial charge in [0, 0.05) is 6.42 Å². The van der Waals surface area contributed by atoms with E-state index in [0.717, 1.165) is 0 Å². The van der Waals surface area contributed by atoms with Gasteiger partial charge in [-0.05, 0) is 26.3 Å². The van der Waals surface area contributed by atoms with Crippen molar-refractivity contribution >= 4 is 5.97 Å². The summed E-state index contributed by atoms with van der Waals surface area (Å²) < 4.78 is 0. The summed E-state index contributed by atoms with van der Waals surface area (Å²) in [6, 6.07) is 2.01. The first-order valence-corrected chi connectivity index (χ1v) is 4.42. The van der Waals surface area contributed by atoms with Crippen LogP contribution in [0.5, 0.6) is 0 Å². The maximum absolute atomic E-state index is 10.8. The summed E-state index contributed by atoms with van der Waals surface area (Å²) in [4.78, 5) is 10.8. The Balaban J connectivity index is 3.86. The molecule has 0 aliphatic rings. The molecular formula is C9H16N2O2. The van der Waals surface area contributed by atoms with Gasteiger partial charge in [-0.2, -0.15) is 5.26 Å². The van der Waals surface area contributed by atoms with Gasteiger partial charge >= 0.3 is 5.97 Å². The number of carboxylic acid groups (broad SMARTS) is 1. The second-order valence-corrected chi connectivity index (χ2v) is 3.18. The highest BCUT2D eigenvalue weighted by Gasteiger charge is 2.29. The van der Waals surface area contributed by atoms with Gasteiger partial charge in [0.15, 0.2) is 0 Å². The third-order valence-corrected chi connectivity index (χ3v) is 2.16. The first-order valence-electron chi connectivity index (χ1n) is 4.42. The zero-order valence-electron chi connectivity index (χ0n) is 8.13. The molecule has 4 heteroatoms. The molecule has 0 aliphatic heterocycles. The fourth-order valence-corrected chi connectivity index (χ4v) is 0.884. The molecule has 13 heavy (non-hydrogen) atoms. The molecule has 0 aromatic heterocycles. The van der Waals surface area contributed by atoms with Crippen LogP contribution in [0.15, 0.2) is 0 Å². The molecule has 0 radical (unpaired) electrons. The lowest BCUT2D eigenvalue weighted by atomic mass is 9.99. The summed E-state index contributed by atoms with van der Waals surface area (Å²) in [5, 5.41) is 20.1. The molecular weight excluding hydrogens is 168 g/mol. The molecule has 0 heterocycles. The first kappa shape index (κ1) is 11.9. The van der Waals surface area contributed by atoms with Crippen LogP contribution in [0.3, 0.4) is 0 Å². The van der Waals surface area contributed by atoms with E-state index in [4.69, 9.17) is 10.4 Å². The van der Waals surface area contributed by atoms with Gasteiger partial charge in [-0.15, -0.1) is 0 Å². The van der Waals surface area contributed by atoms with Crippen molar-refractivity contribution in [2.24, 2.45) is 0 Å². The Morgan fingerprint density at radius 3 is 2.69 bits per heavy atom. The number of nitriles is 1. The number of hydrogen-bond donors (Lipinski definition) is 2. The van der Waals surface area contributed by atoms with Gasteiger partial charge in [-0.3, -0.25) is 4.79 Å². The SMILES string of the molecule is CCC(C)(NCCCC#N)C(=O)O. The molecule has 0 aliphatic carbocycles. The van der Waals surface area contributed by atoms with Crippen LogP contribution in [-0.4, -0.2) is 23.2 Å².